The Morgan fingerprint density at radius 2 is 1.96 bits per heavy atom. The van der Waals surface area contributed by atoms with Gasteiger partial charge in [0.2, 0.25) is 5.88 Å². The molecule has 1 aromatic heterocycles. The van der Waals surface area contributed by atoms with Crippen LogP contribution in [0.5, 0.6) is 5.88 Å². The van der Waals surface area contributed by atoms with Crippen molar-refractivity contribution >= 4 is 17.7 Å². The van der Waals surface area contributed by atoms with E-state index in [1.807, 2.05) is 25.7 Å². The summed E-state index contributed by atoms with van der Waals surface area (Å²) < 4.78 is 11.5. The first-order valence-electron chi connectivity index (χ1n) is 8.11. The van der Waals surface area contributed by atoms with Gasteiger partial charge in [0.15, 0.2) is 0 Å². The number of carbonyl (C=O) groups is 1. The maximum absolute atomic E-state index is 12.4. The summed E-state index contributed by atoms with van der Waals surface area (Å²) in [5, 5.41) is 0.615. The second kappa shape index (κ2) is 6.19. The van der Waals surface area contributed by atoms with Crippen LogP contribution in [0.3, 0.4) is 0 Å². The third-order valence-electron chi connectivity index (χ3n) is 4.28. The van der Waals surface area contributed by atoms with Crippen LogP contribution in [0.4, 0.5) is 4.79 Å². The molecule has 2 saturated heterocycles. The normalized spacial score (nSPS) is 27.0. The molecule has 0 radical (unpaired) electrons. The summed E-state index contributed by atoms with van der Waals surface area (Å²) in [6, 6.07) is 3.83. The van der Waals surface area contributed by atoms with Crippen molar-refractivity contribution in [2.75, 3.05) is 0 Å². The zero-order valence-electron chi connectivity index (χ0n) is 13.8. The molecule has 2 bridgehead atoms. The summed E-state index contributed by atoms with van der Waals surface area (Å²) in [6.45, 7) is 5.69. The summed E-state index contributed by atoms with van der Waals surface area (Å²) >= 11 is 5.97. The number of hydrogen-bond acceptors (Lipinski definition) is 4. The van der Waals surface area contributed by atoms with Gasteiger partial charge in [0.25, 0.3) is 0 Å². The van der Waals surface area contributed by atoms with Gasteiger partial charge in [0.05, 0.1) is 0 Å². The predicted octanol–water partition coefficient (Wildman–Crippen LogP) is 4.04. The molecule has 5 nitrogen and oxygen atoms in total. The lowest BCUT2D eigenvalue weighted by Gasteiger charge is -2.39. The van der Waals surface area contributed by atoms with Crippen molar-refractivity contribution in [3.63, 3.8) is 0 Å². The van der Waals surface area contributed by atoms with E-state index in [4.69, 9.17) is 21.1 Å². The molecule has 0 aliphatic carbocycles. The van der Waals surface area contributed by atoms with E-state index in [1.165, 1.54) is 0 Å². The Kier molecular flexibility index (Phi) is 4.41. The van der Waals surface area contributed by atoms with Gasteiger partial charge in [0.1, 0.15) is 11.7 Å². The molecule has 2 aliphatic rings. The third kappa shape index (κ3) is 3.89. The summed E-state index contributed by atoms with van der Waals surface area (Å²) in [5.41, 5.74) is -0.464. The highest BCUT2D eigenvalue weighted by Crippen LogP contribution is 2.38. The average Bonchev–Trinajstić information content (AvgIpc) is 2.69. The Balaban J connectivity index is 1.64. The van der Waals surface area contributed by atoms with Crippen LogP contribution < -0.4 is 4.74 Å². The Morgan fingerprint density at radius 1 is 1.30 bits per heavy atom. The van der Waals surface area contributed by atoms with Crippen LogP contribution in [0.2, 0.25) is 5.02 Å². The molecule has 6 heteroatoms. The standard InChI is InChI=1S/C17H23ClN2O3/c1-17(2,3)23-16(21)20-12-4-5-13(20)10-14(9-12)22-15-8-11(18)6-7-19-15/h6-8,12-14H,4-5,9-10H2,1-3H3/t12-,13+,14+. The van der Waals surface area contributed by atoms with Crippen molar-refractivity contribution in [3.05, 3.63) is 23.4 Å². The molecule has 2 aliphatic heterocycles. The highest BCUT2D eigenvalue weighted by Gasteiger charge is 2.45. The highest BCUT2D eigenvalue weighted by molar-refractivity contribution is 6.30. The number of nitrogens with zero attached hydrogens (tertiary/aromatic N) is 2. The van der Waals surface area contributed by atoms with Gasteiger partial charge >= 0.3 is 6.09 Å². The number of amides is 1. The number of pyridine rings is 1. The van der Waals surface area contributed by atoms with Crippen molar-refractivity contribution in [1.29, 1.82) is 0 Å². The van der Waals surface area contributed by atoms with Gasteiger partial charge in [0, 0.05) is 42.2 Å². The number of halogens is 1. The van der Waals surface area contributed by atoms with Gasteiger partial charge in [-0.25, -0.2) is 9.78 Å². The minimum atomic E-state index is -0.464. The lowest BCUT2D eigenvalue weighted by Crippen LogP contribution is -2.50. The second-order valence-electron chi connectivity index (χ2n) is 7.30. The number of hydrogen-bond donors (Lipinski definition) is 0. The van der Waals surface area contributed by atoms with Crippen molar-refractivity contribution in [3.8, 4) is 5.88 Å². The number of ether oxygens (including phenoxy) is 2. The fraction of sp³-hybridized carbons (Fsp3) is 0.647. The molecular formula is C17H23ClN2O3. The van der Waals surface area contributed by atoms with E-state index in [0.717, 1.165) is 25.7 Å². The number of rotatable bonds is 2. The number of aromatic nitrogens is 1. The van der Waals surface area contributed by atoms with Gasteiger partial charge in [-0.2, -0.15) is 0 Å². The van der Waals surface area contributed by atoms with Crippen molar-refractivity contribution in [2.45, 2.75) is 70.2 Å². The summed E-state index contributed by atoms with van der Waals surface area (Å²) in [6.07, 6.45) is 5.14. The fourth-order valence-electron chi connectivity index (χ4n) is 3.46. The number of fused-ring (bicyclic) bond motifs is 2. The lowest BCUT2D eigenvalue weighted by atomic mass is 10.0. The molecule has 3 atom stereocenters. The number of carbonyl (C=O) groups excluding carboxylic acids is 1. The van der Waals surface area contributed by atoms with Crippen LogP contribution in [0, 0.1) is 0 Å². The van der Waals surface area contributed by atoms with E-state index in [0.29, 0.717) is 10.9 Å². The minimum Gasteiger partial charge on any atom is -0.474 e. The van der Waals surface area contributed by atoms with Gasteiger partial charge in [-0.05, 0) is 39.7 Å². The van der Waals surface area contributed by atoms with Crippen LogP contribution in [0.15, 0.2) is 18.3 Å². The largest absolute Gasteiger partial charge is 0.474 e. The Labute approximate surface area is 141 Å². The molecule has 0 aromatic carbocycles. The Hall–Kier alpha value is -1.49. The van der Waals surface area contributed by atoms with Crippen LogP contribution in [0.1, 0.15) is 46.5 Å². The van der Waals surface area contributed by atoms with Crippen LogP contribution in [0.25, 0.3) is 0 Å². The second-order valence-corrected chi connectivity index (χ2v) is 7.73. The molecule has 1 amide bonds. The Bertz CT molecular complexity index is 573. The molecular weight excluding hydrogens is 316 g/mol. The minimum absolute atomic E-state index is 0.0668. The van der Waals surface area contributed by atoms with Crippen molar-refractivity contribution in [2.24, 2.45) is 0 Å². The predicted molar refractivity (Wildman–Crippen MR) is 87.8 cm³/mol. The van der Waals surface area contributed by atoms with E-state index < -0.39 is 5.60 Å². The first-order valence-corrected chi connectivity index (χ1v) is 8.49. The number of piperidine rings is 1. The molecule has 3 rings (SSSR count). The van der Waals surface area contributed by atoms with Crippen LogP contribution >= 0.6 is 11.6 Å². The molecule has 23 heavy (non-hydrogen) atoms. The molecule has 0 spiro atoms. The molecule has 3 heterocycles. The maximum atomic E-state index is 12.4. The van der Waals surface area contributed by atoms with E-state index >= 15 is 0 Å². The zero-order chi connectivity index (χ0) is 16.6. The van der Waals surface area contributed by atoms with Gasteiger partial charge in [-0.1, -0.05) is 11.6 Å². The van der Waals surface area contributed by atoms with E-state index in [9.17, 15) is 4.79 Å². The molecule has 0 N–H and O–H groups in total. The average molecular weight is 339 g/mol. The first kappa shape index (κ1) is 16.4. The molecule has 0 saturated carbocycles. The molecule has 0 unspecified atom stereocenters. The monoisotopic (exact) mass is 338 g/mol. The topological polar surface area (TPSA) is 51.7 Å². The first-order chi connectivity index (χ1) is 10.8. The summed E-state index contributed by atoms with van der Waals surface area (Å²) in [7, 11) is 0. The summed E-state index contributed by atoms with van der Waals surface area (Å²) in [4.78, 5) is 18.5. The quantitative estimate of drug-likeness (QED) is 0.816. The molecule has 1 aromatic rings. The summed E-state index contributed by atoms with van der Waals surface area (Å²) in [5.74, 6) is 0.549. The third-order valence-corrected chi connectivity index (χ3v) is 4.51. The van der Waals surface area contributed by atoms with E-state index in [1.54, 1.807) is 18.3 Å². The molecule has 2 fully saturated rings. The van der Waals surface area contributed by atoms with E-state index in [2.05, 4.69) is 4.98 Å². The van der Waals surface area contributed by atoms with Crippen LogP contribution in [-0.2, 0) is 4.74 Å². The molecule has 126 valence electrons. The SMILES string of the molecule is CC(C)(C)OC(=O)N1[C@@H]2CC[C@H]1C[C@@H](Oc1cc(Cl)ccn1)C2. The fourth-order valence-corrected chi connectivity index (χ4v) is 3.61. The highest BCUT2D eigenvalue weighted by atomic mass is 35.5. The van der Waals surface area contributed by atoms with E-state index in [-0.39, 0.29) is 24.3 Å². The van der Waals surface area contributed by atoms with Gasteiger partial charge in [-0.3, -0.25) is 0 Å². The van der Waals surface area contributed by atoms with Crippen LogP contribution in [-0.4, -0.2) is 39.8 Å². The maximum Gasteiger partial charge on any atom is 0.410 e. The van der Waals surface area contributed by atoms with Crippen molar-refractivity contribution < 1.29 is 14.3 Å². The van der Waals surface area contributed by atoms with Gasteiger partial charge < -0.3 is 14.4 Å². The van der Waals surface area contributed by atoms with Crippen molar-refractivity contribution in [1.82, 2.24) is 9.88 Å². The zero-order valence-corrected chi connectivity index (χ0v) is 14.5. The Morgan fingerprint density at radius 3 is 2.52 bits per heavy atom. The lowest BCUT2D eigenvalue weighted by molar-refractivity contribution is -0.00758. The smallest absolute Gasteiger partial charge is 0.410 e. The van der Waals surface area contributed by atoms with Gasteiger partial charge in [-0.15, -0.1) is 0 Å².